The van der Waals surface area contributed by atoms with Gasteiger partial charge in [0.05, 0.1) is 6.17 Å². The lowest BCUT2D eigenvalue weighted by Gasteiger charge is -2.23. The van der Waals surface area contributed by atoms with E-state index in [0.29, 0.717) is 6.42 Å². The maximum atomic E-state index is 11.9. The van der Waals surface area contributed by atoms with E-state index in [1.807, 2.05) is 14.1 Å². The number of unbranched alkanes of at least 4 members (excludes halogenated alkanes) is 14. The molecule has 0 spiro atoms. The molecule has 0 fully saturated rings. The number of amides is 1. The van der Waals surface area contributed by atoms with Gasteiger partial charge in [0.25, 0.3) is 0 Å². The summed E-state index contributed by atoms with van der Waals surface area (Å²) >= 11 is 0. The molecule has 0 aliphatic rings. The van der Waals surface area contributed by atoms with Gasteiger partial charge in [0.15, 0.2) is 0 Å². The van der Waals surface area contributed by atoms with Crippen LogP contribution in [0.2, 0.25) is 0 Å². The highest BCUT2D eigenvalue weighted by molar-refractivity contribution is 5.76. The van der Waals surface area contributed by atoms with Gasteiger partial charge in [0.1, 0.15) is 0 Å². The second kappa shape index (κ2) is 19.2. The quantitative estimate of drug-likeness (QED) is 0.204. The summed E-state index contributed by atoms with van der Waals surface area (Å²) in [6.45, 7) is 4.39. The Labute approximate surface area is 164 Å². The number of nitrogens with one attached hydrogen (secondary N) is 1. The molecule has 0 heterocycles. The van der Waals surface area contributed by atoms with Gasteiger partial charge in [0.2, 0.25) is 5.91 Å². The van der Waals surface area contributed by atoms with E-state index in [-0.39, 0.29) is 12.1 Å². The van der Waals surface area contributed by atoms with E-state index in [1.54, 1.807) is 0 Å². The Kier molecular flexibility index (Phi) is 18.8. The molecule has 0 saturated heterocycles. The predicted octanol–water partition coefficient (Wildman–Crippen LogP) is 6.66. The Bertz CT molecular complexity index is 305. The number of nitrogens with zero attached hydrogens (tertiary/aromatic N) is 1. The number of carbonyl (C=O) groups excluding carboxylic acids is 1. The molecule has 156 valence electrons. The molecule has 1 unspecified atom stereocenters. The maximum Gasteiger partial charge on any atom is 0.221 e. The van der Waals surface area contributed by atoms with Crippen molar-refractivity contribution in [3.05, 3.63) is 0 Å². The van der Waals surface area contributed by atoms with Gasteiger partial charge in [-0.3, -0.25) is 9.69 Å². The Morgan fingerprint density at radius 3 is 1.42 bits per heavy atom. The van der Waals surface area contributed by atoms with Crippen LogP contribution in [0.5, 0.6) is 0 Å². The summed E-state index contributed by atoms with van der Waals surface area (Å²) in [6, 6.07) is 0. The smallest absolute Gasteiger partial charge is 0.221 e. The van der Waals surface area contributed by atoms with Crippen molar-refractivity contribution in [1.82, 2.24) is 10.2 Å². The Balaban J connectivity index is 3.25. The third-order valence-corrected chi connectivity index (χ3v) is 5.35. The van der Waals surface area contributed by atoms with E-state index < -0.39 is 0 Å². The Morgan fingerprint density at radius 2 is 1.08 bits per heavy atom. The fourth-order valence-electron chi connectivity index (χ4n) is 3.51. The van der Waals surface area contributed by atoms with Crippen LogP contribution in [0.4, 0.5) is 0 Å². The van der Waals surface area contributed by atoms with Crippen LogP contribution in [-0.2, 0) is 4.79 Å². The molecule has 3 heteroatoms. The van der Waals surface area contributed by atoms with Crippen LogP contribution < -0.4 is 5.32 Å². The van der Waals surface area contributed by atoms with Gasteiger partial charge < -0.3 is 5.32 Å². The first kappa shape index (κ1) is 25.4. The normalized spacial score (nSPS) is 12.5. The van der Waals surface area contributed by atoms with Crippen LogP contribution in [-0.4, -0.2) is 31.1 Å². The highest BCUT2D eigenvalue weighted by Crippen LogP contribution is 2.13. The molecule has 1 atom stereocenters. The van der Waals surface area contributed by atoms with Crippen molar-refractivity contribution < 1.29 is 4.79 Å². The summed E-state index contributed by atoms with van der Waals surface area (Å²) < 4.78 is 0. The molecule has 1 amide bonds. The van der Waals surface area contributed by atoms with Crippen molar-refractivity contribution in [2.45, 2.75) is 129 Å². The van der Waals surface area contributed by atoms with E-state index in [9.17, 15) is 4.79 Å². The second-order valence-electron chi connectivity index (χ2n) is 8.15. The van der Waals surface area contributed by atoms with E-state index in [4.69, 9.17) is 0 Å². The lowest BCUT2D eigenvalue weighted by Crippen LogP contribution is -2.44. The van der Waals surface area contributed by atoms with Crippen molar-refractivity contribution in [2.24, 2.45) is 0 Å². The molecule has 0 aliphatic carbocycles. The summed E-state index contributed by atoms with van der Waals surface area (Å²) in [5.41, 5.74) is 0. The molecule has 0 saturated carbocycles. The summed E-state index contributed by atoms with van der Waals surface area (Å²) in [5, 5.41) is 3.10. The summed E-state index contributed by atoms with van der Waals surface area (Å²) in [6.07, 6.45) is 22.3. The molecule has 26 heavy (non-hydrogen) atoms. The van der Waals surface area contributed by atoms with E-state index in [1.165, 1.54) is 89.9 Å². The number of carbonyl (C=O) groups is 1. The van der Waals surface area contributed by atoms with E-state index >= 15 is 0 Å². The van der Waals surface area contributed by atoms with Gasteiger partial charge in [-0.15, -0.1) is 0 Å². The zero-order valence-corrected chi connectivity index (χ0v) is 18.5. The molecule has 1 N–H and O–H groups in total. The van der Waals surface area contributed by atoms with Gasteiger partial charge in [-0.1, -0.05) is 104 Å². The average Bonchev–Trinajstić information content (AvgIpc) is 2.62. The largest absolute Gasteiger partial charge is 0.341 e. The minimum atomic E-state index is 0.179. The van der Waals surface area contributed by atoms with Crippen LogP contribution in [0.15, 0.2) is 0 Å². The standard InChI is InChI=1S/C23H48N2O/c1-5-7-8-9-10-11-12-13-14-15-16-17-18-19-20-21-23(26)24-22(6-2)25(3)4/h22H,5-21H2,1-4H3,(H,24,26). The van der Waals surface area contributed by atoms with Crippen LogP contribution in [0.25, 0.3) is 0 Å². The van der Waals surface area contributed by atoms with E-state index in [0.717, 1.165) is 12.8 Å². The maximum absolute atomic E-state index is 11.9. The number of rotatable bonds is 19. The Morgan fingerprint density at radius 1 is 0.692 bits per heavy atom. The van der Waals surface area contributed by atoms with Gasteiger partial charge in [-0.25, -0.2) is 0 Å². The Hall–Kier alpha value is -0.570. The first-order valence-corrected chi connectivity index (χ1v) is 11.6. The lowest BCUT2D eigenvalue weighted by molar-refractivity contribution is -0.123. The fraction of sp³-hybridized carbons (Fsp3) is 0.957. The van der Waals surface area contributed by atoms with E-state index in [2.05, 4.69) is 24.1 Å². The molecular formula is C23H48N2O. The summed E-state index contributed by atoms with van der Waals surface area (Å²) in [5.74, 6) is 0.209. The number of hydrogen-bond acceptors (Lipinski definition) is 2. The lowest BCUT2D eigenvalue weighted by atomic mass is 10.0. The molecule has 0 rings (SSSR count). The second-order valence-corrected chi connectivity index (χ2v) is 8.15. The van der Waals surface area contributed by atoms with Gasteiger partial charge in [-0.2, -0.15) is 0 Å². The zero-order chi connectivity index (χ0) is 19.5. The zero-order valence-electron chi connectivity index (χ0n) is 18.5. The van der Waals surface area contributed by atoms with Crippen LogP contribution >= 0.6 is 0 Å². The fourth-order valence-corrected chi connectivity index (χ4v) is 3.51. The number of hydrogen-bond donors (Lipinski definition) is 1. The van der Waals surface area contributed by atoms with Crippen molar-refractivity contribution in [3.63, 3.8) is 0 Å². The van der Waals surface area contributed by atoms with Gasteiger partial charge >= 0.3 is 0 Å². The first-order chi connectivity index (χ1) is 12.6. The topological polar surface area (TPSA) is 32.3 Å². The third kappa shape index (κ3) is 16.9. The molecule has 0 aromatic heterocycles. The van der Waals surface area contributed by atoms with Crippen molar-refractivity contribution in [1.29, 1.82) is 0 Å². The minimum Gasteiger partial charge on any atom is -0.341 e. The highest BCUT2D eigenvalue weighted by atomic mass is 16.1. The van der Waals surface area contributed by atoms with Crippen LogP contribution in [0.3, 0.4) is 0 Å². The molecule has 0 aromatic rings. The molecular weight excluding hydrogens is 320 g/mol. The average molecular weight is 369 g/mol. The van der Waals surface area contributed by atoms with Crippen LogP contribution in [0.1, 0.15) is 123 Å². The first-order valence-electron chi connectivity index (χ1n) is 11.6. The van der Waals surface area contributed by atoms with Gasteiger partial charge in [-0.05, 0) is 26.9 Å². The predicted molar refractivity (Wildman–Crippen MR) is 115 cm³/mol. The van der Waals surface area contributed by atoms with Crippen molar-refractivity contribution >= 4 is 5.91 Å². The molecule has 3 nitrogen and oxygen atoms in total. The highest BCUT2D eigenvalue weighted by Gasteiger charge is 2.11. The molecule has 0 bridgehead atoms. The van der Waals surface area contributed by atoms with Crippen molar-refractivity contribution in [3.8, 4) is 0 Å². The molecule has 0 radical (unpaired) electrons. The SMILES string of the molecule is CCCCCCCCCCCCCCCCCC(=O)NC(CC)N(C)C. The third-order valence-electron chi connectivity index (χ3n) is 5.35. The minimum absolute atomic E-state index is 0.179. The summed E-state index contributed by atoms with van der Waals surface area (Å²) in [7, 11) is 4.03. The summed E-state index contributed by atoms with van der Waals surface area (Å²) in [4.78, 5) is 14.0. The molecule has 0 aromatic carbocycles. The van der Waals surface area contributed by atoms with Gasteiger partial charge in [0, 0.05) is 6.42 Å². The van der Waals surface area contributed by atoms with Crippen molar-refractivity contribution in [2.75, 3.05) is 14.1 Å². The monoisotopic (exact) mass is 368 g/mol. The molecule has 0 aliphatic heterocycles. The van der Waals surface area contributed by atoms with Crippen LogP contribution in [0, 0.1) is 0 Å².